The molecule has 0 aromatic carbocycles. The van der Waals surface area contributed by atoms with Gasteiger partial charge in [0.15, 0.2) is 0 Å². The lowest BCUT2D eigenvalue weighted by Gasteiger charge is -2.42. The molecule has 2 fully saturated rings. The average molecular weight is 483 g/mol. The quantitative estimate of drug-likeness (QED) is 0.691. The number of nitrogens with one attached hydrogen (secondary N) is 2. The molecule has 10 nitrogen and oxygen atoms in total. The normalized spacial score (nSPS) is 21.6. The zero-order chi connectivity index (χ0) is 24.8. The minimum Gasteiger partial charge on any atom is -0.444 e. The van der Waals surface area contributed by atoms with Gasteiger partial charge in [-0.3, -0.25) is 14.9 Å². The molecule has 2 aromatic heterocycles. The first-order valence-electron chi connectivity index (χ1n) is 12.6. The number of rotatable bonds is 3. The lowest BCUT2D eigenvalue weighted by atomic mass is 9.80. The first-order chi connectivity index (χ1) is 16.7. The van der Waals surface area contributed by atoms with Crippen molar-refractivity contribution in [3.8, 4) is 0 Å². The maximum atomic E-state index is 12.9. The molecule has 1 atom stereocenters. The van der Waals surface area contributed by atoms with Gasteiger partial charge in [-0.05, 0) is 52.5 Å². The van der Waals surface area contributed by atoms with Gasteiger partial charge in [0, 0.05) is 37.1 Å². The van der Waals surface area contributed by atoms with E-state index in [-0.39, 0.29) is 41.9 Å². The molecule has 5 rings (SSSR count). The number of carbonyl (C=O) groups is 3. The zero-order valence-corrected chi connectivity index (χ0v) is 20.7. The summed E-state index contributed by atoms with van der Waals surface area (Å²) in [5, 5.41) is 6.65. The Morgan fingerprint density at radius 2 is 2.00 bits per heavy atom. The van der Waals surface area contributed by atoms with E-state index in [1.165, 1.54) is 6.42 Å². The van der Waals surface area contributed by atoms with E-state index in [1.807, 2.05) is 26.8 Å². The topological polar surface area (TPSA) is 118 Å². The molecule has 35 heavy (non-hydrogen) atoms. The van der Waals surface area contributed by atoms with Crippen molar-refractivity contribution in [3.63, 3.8) is 0 Å². The molecular formula is C25H34N6O4. The number of ether oxygens (including phenoxy) is 1. The first-order valence-corrected chi connectivity index (χ1v) is 12.6. The maximum absolute atomic E-state index is 12.9. The number of nitrogens with zero attached hydrogens (tertiary/aromatic N) is 4. The second kappa shape index (κ2) is 8.80. The van der Waals surface area contributed by atoms with Crippen LogP contribution in [-0.2, 0) is 15.1 Å². The summed E-state index contributed by atoms with van der Waals surface area (Å²) in [6.45, 7) is 6.67. The van der Waals surface area contributed by atoms with Gasteiger partial charge in [0.1, 0.15) is 16.9 Å². The van der Waals surface area contributed by atoms with Crippen molar-refractivity contribution >= 4 is 34.9 Å². The van der Waals surface area contributed by atoms with Crippen molar-refractivity contribution in [3.05, 3.63) is 18.0 Å². The molecule has 3 aliphatic rings. The monoisotopic (exact) mass is 482 g/mol. The molecule has 0 bridgehead atoms. The van der Waals surface area contributed by atoms with Gasteiger partial charge < -0.3 is 19.5 Å². The fraction of sp³-hybridized carbons (Fsp3) is 0.640. The molecule has 1 saturated carbocycles. The second-order valence-corrected chi connectivity index (χ2v) is 11.0. The summed E-state index contributed by atoms with van der Waals surface area (Å²) in [6, 6.07) is 1.62. The standard InChI is InChI=1S/C25H34N6O4/c1-24(2,3)35-23(34)30-11-7-8-17(30)13-19(32)28-22-26-14-16-12-18-21(33)27-15-25(9-5-4-6-10-25)31(18)20(16)29-22/h12,14,17H,4-11,13,15H2,1-3H3,(H,27,33)(H,26,28,29,32)/t17-/m0/s1. The summed E-state index contributed by atoms with van der Waals surface area (Å²) >= 11 is 0. The van der Waals surface area contributed by atoms with Gasteiger partial charge in [0.2, 0.25) is 11.9 Å². The average Bonchev–Trinajstić information content (AvgIpc) is 3.41. The summed E-state index contributed by atoms with van der Waals surface area (Å²) in [5.74, 6) is -0.143. The largest absolute Gasteiger partial charge is 0.444 e. The Balaban J connectivity index is 1.35. The van der Waals surface area contributed by atoms with E-state index < -0.39 is 5.60 Å². The molecule has 10 heteroatoms. The summed E-state index contributed by atoms with van der Waals surface area (Å²) in [5.41, 5.74) is 0.512. The molecule has 188 valence electrons. The van der Waals surface area contributed by atoms with Gasteiger partial charge in [-0.15, -0.1) is 0 Å². The third-order valence-electron chi connectivity index (χ3n) is 7.29. The summed E-state index contributed by atoms with van der Waals surface area (Å²) in [4.78, 5) is 48.7. The van der Waals surface area contributed by atoms with Gasteiger partial charge >= 0.3 is 6.09 Å². The van der Waals surface area contributed by atoms with Crippen molar-refractivity contribution in [2.45, 2.75) is 89.3 Å². The molecular weight excluding hydrogens is 448 g/mol. The minimum absolute atomic E-state index is 0.103. The fourth-order valence-corrected chi connectivity index (χ4v) is 5.72. The Kier molecular flexibility index (Phi) is 5.93. The van der Waals surface area contributed by atoms with Crippen LogP contribution in [0.2, 0.25) is 0 Å². The summed E-state index contributed by atoms with van der Waals surface area (Å²) in [7, 11) is 0. The lowest BCUT2D eigenvalue weighted by Crippen LogP contribution is -2.52. The van der Waals surface area contributed by atoms with E-state index in [9.17, 15) is 14.4 Å². The smallest absolute Gasteiger partial charge is 0.410 e. The molecule has 2 aliphatic heterocycles. The van der Waals surface area contributed by atoms with Crippen molar-refractivity contribution in [1.29, 1.82) is 0 Å². The highest BCUT2D eigenvalue weighted by Gasteiger charge is 2.41. The minimum atomic E-state index is -0.585. The predicted octanol–water partition coefficient (Wildman–Crippen LogP) is 3.56. The number of carbonyl (C=O) groups excluding carboxylic acids is 3. The van der Waals surface area contributed by atoms with Crippen molar-refractivity contribution in [2.75, 3.05) is 18.4 Å². The van der Waals surface area contributed by atoms with E-state index in [2.05, 4.69) is 25.2 Å². The summed E-state index contributed by atoms with van der Waals surface area (Å²) < 4.78 is 7.58. The second-order valence-electron chi connectivity index (χ2n) is 11.0. The van der Waals surface area contributed by atoms with Crippen LogP contribution in [0.25, 0.3) is 11.0 Å². The predicted molar refractivity (Wildman–Crippen MR) is 130 cm³/mol. The van der Waals surface area contributed by atoms with Gasteiger partial charge in [0.25, 0.3) is 5.91 Å². The van der Waals surface area contributed by atoms with E-state index in [4.69, 9.17) is 4.74 Å². The Morgan fingerprint density at radius 3 is 2.74 bits per heavy atom. The number of anilines is 1. The van der Waals surface area contributed by atoms with Crippen molar-refractivity contribution in [2.24, 2.45) is 0 Å². The summed E-state index contributed by atoms with van der Waals surface area (Å²) in [6.07, 6.45) is 8.39. The number of fused-ring (bicyclic) bond motifs is 4. The van der Waals surface area contributed by atoms with E-state index >= 15 is 0 Å². The molecule has 0 unspecified atom stereocenters. The van der Waals surface area contributed by atoms with Crippen LogP contribution in [0.3, 0.4) is 0 Å². The lowest BCUT2D eigenvalue weighted by molar-refractivity contribution is -0.117. The van der Waals surface area contributed by atoms with Crippen LogP contribution in [-0.4, -0.2) is 62.1 Å². The molecule has 1 saturated heterocycles. The Bertz CT molecular complexity index is 1160. The molecule has 1 spiro atoms. The fourth-order valence-electron chi connectivity index (χ4n) is 5.72. The van der Waals surface area contributed by atoms with Crippen LogP contribution >= 0.6 is 0 Å². The Morgan fingerprint density at radius 1 is 1.23 bits per heavy atom. The van der Waals surface area contributed by atoms with Gasteiger partial charge in [0.05, 0.1) is 5.54 Å². The third kappa shape index (κ3) is 4.58. The number of hydrogen-bond donors (Lipinski definition) is 2. The first kappa shape index (κ1) is 23.6. The maximum Gasteiger partial charge on any atom is 0.410 e. The van der Waals surface area contributed by atoms with E-state index in [0.29, 0.717) is 24.4 Å². The van der Waals surface area contributed by atoms with Gasteiger partial charge in [-0.1, -0.05) is 19.3 Å². The highest BCUT2D eigenvalue weighted by atomic mass is 16.6. The van der Waals surface area contributed by atoms with E-state index in [0.717, 1.165) is 43.9 Å². The van der Waals surface area contributed by atoms with Crippen molar-refractivity contribution in [1.82, 2.24) is 24.8 Å². The Hall–Kier alpha value is -3.17. The zero-order valence-electron chi connectivity index (χ0n) is 20.7. The van der Waals surface area contributed by atoms with Gasteiger partial charge in [-0.25, -0.2) is 9.78 Å². The molecule has 3 amide bonds. The Labute approximate surface area is 204 Å². The molecule has 4 heterocycles. The van der Waals surface area contributed by atoms with Crippen LogP contribution < -0.4 is 10.6 Å². The molecule has 0 radical (unpaired) electrons. The highest BCUT2D eigenvalue weighted by Crippen LogP contribution is 2.40. The highest BCUT2D eigenvalue weighted by molar-refractivity contribution is 5.99. The van der Waals surface area contributed by atoms with Crippen LogP contribution in [0, 0.1) is 0 Å². The van der Waals surface area contributed by atoms with Crippen molar-refractivity contribution < 1.29 is 19.1 Å². The number of aromatic nitrogens is 3. The molecule has 1 aliphatic carbocycles. The van der Waals surface area contributed by atoms with Crippen LogP contribution in [0.15, 0.2) is 12.3 Å². The SMILES string of the molecule is CC(C)(C)OC(=O)N1CCC[C@H]1CC(=O)Nc1ncc2cc3n(c2n1)C1(CCCCC1)CNC3=O. The van der Waals surface area contributed by atoms with Crippen LogP contribution in [0.5, 0.6) is 0 Å². The van der Waals surface area contributed by atoms with Crippen LogP contribution in [0.1, 0.15) is 82.6 Å². The molecule has 2 aromatic rings. The number of amides is 3. The van der Waals surface area contributed by atoms with E-state index in [1.54, 1.807) is 11.1 Å². The third-order valence-corrected chi connectivity index (χ3v) is 7.29. The number of hydrogen-bond acceptors (Lipinski definition) is 6. The molecule has 2 N–H and O–H groups in total. The van der Waals surface area contributed by atoms with Crippen LogP contribution in [0.4, 0.5) is 10.7 Å². The number of likely N-dealkylation sites (tertiary alicyclic amines) is 1. The van der Waals surface area contributed by atoms with Gasteiger partial charge in [-0.2, -0.15) is 4.98 Å².